The van der Waals surface area contributed by atoms with E-state index in [4.69, 9.17) is 0 Å². The van der Waals surface area contributed by atoms with Crippen molar-refractivity contribution in [2.45, 2.75) is 24.9 Å². The van der Waals surface area contributed by atoms with Gasteiger partial charge in [0.05, 0.1) is 28.5 Å². The Hall–Kier alpha value is -2.78. The minimum Gasteiger partial charge on any atom is -0.387 e. The van der Waals surface area contributed by atoms with Crippen LogP contribution in [0.2, 0.25) is 0 Å². The van der Waals surface area contributed by atoms with Crippen molar-refractivity contribution in [1.82, 2.24) is 20.0 Å². The molecule has 2 heterocycles. The molecule has 0 saturated carbocycles. The zero-order chi connectivity index (χ0) is 20.3. The number of carbonyl (C=O) groups is 1. The lowest BCUT2D eigenvalue weighted by atomic mass is 9.92. The molecule has 28 heavy (non-hydrogen) atoms. The van der Waals surface area contributed by atoms with E-state index in [1.807, 2.05) is 0 Å². The quantitative estimate of drug-likeness (QED) is 0.578. The fourth-order valence-corrected chi connectivity index (χ4v) is 3.67. The summed E-state index contributed by atoms with van der Waals surface area (Å²) in [6, 6.07) is 6.10. The van der Waals surface area contributed by atoms with E-state index in [9.17, 15) is 20.0 Å². The molecule has 0 spiro atoms. The third kappa shape index (κ3) is 4.37. The predicted molar refractivity (Wildman–Crippen MR) is 103 cm³/mol. The smallest absolute Gasteiger partial charge is 0.269 e. The number of aromatic nitrogens is 2. The van der Waals surface area contributed by atoms with Gasteiger partial charge in [-0.3, -0.25) is 24.9 Å². The second-order valence-corrected chi connectivity index (χ2v) is 7.36. The zero-order valence-corrected chi connectivity index (χ0v) is 16.0. The summed E-state index contributed by atoms with van der Waals surface area (Å²) in [5.41, 5.74) is 1.91. The van der Waals surface area contributed by atoms with Crippen LogP contribution in [0, 0.1) is 10.1 Å². The van der Waals surface area contributed by atoms with E-state index < -0.39 is 11.0 Å². The number of H-pyrrole nitrogens is 1. The number of aliphatic hydroxyl groups is 1. The van der Waals surface area contributed by atoms with Crippen LogP contribution in [0.3, 0.4) is 0 Å². The van der Waals surface area contributed by atoms with Crippen LogP contribution in [0.15, 0.2) is 30.5 Å². The maximum absolute atomic E-state index is 12.4. The van der Waals surface area contributed by atoms with Gasteiger partial charge in [-0.25, -0.2) is 0 Å². The second kappa shape index (κ2) is 8.49. The summed E-state index contributed by atoms with van der Waals surface area (Å²) in [6.07, 6.45) is 2.61. The molecule has 2 aromatic rings. The van der Waals surface area contributed by atoms with Crippen LogP contribution >= 0.6 is 0 Å². The van der Waals surface area contributed by atoms with Gasteiger partial charge >= 0.3 is 0 Å². The molecule has 1 aliphatic rings. The van der Waals surface area contributed by atoms with Gasteiger partial charge in [-0.1, -0.05) is 12.1 Å². The molecule has 150 valence electrons. The number of aliphatic hydroxyl groups excluding tert-OH is 1. The number of hydrogen-bond acceptors (Lipinski definition) is 6. The first-order valence-corrected chi connectivity index (χ1v) is 9.26. The third-order valence-corrected chi connectivity index (χ3v) is 5.12. The number of hydrogen-bond donors (Lipinski definition) is 2. The van der Waals surface area contributed by atoms with Gasteiger partial charge in [0.2, 0.25) is 0 Å². The normalized spacial score (nSPS) is 18.6. The molecule has 2 N–H and O–H groups in total. The Balaban J connectivity index is 1.69. The average Bonchev–Trinajstić information content (AvgIpc) is 3.17. The molecular weight excluding hydrogens is 362 g/mol. The summed E-state index contributed by atoms with van der Waals surface area (Å²) >= 11 is 0. The molecule has 9 nitrogen and oxygen atoms in total. The van der Waals surface area contributed by atoms with E-state index in [2.05, 4.69) is 15.1 Å². The molecule has 1 fully saturated rings. The van der Waals surface area contributed by atoms with Gasteiger partial charge in [-0.05, 0) is 24.9 Å². The lowest BCUT2D eigenvalue weighted by Gasteiger charge is -2.34. The van der Waals surface area contributed by atoms with E-state index in [-0.39, 0.29) is 17.5 Å². The number of piperidine rings is 1. The van der Waals surface area contributed by atoms with Gasteiger partial charge < -0.3 is 10.0 Å². The minimum atomic E-state index is -0.816. The average molecular weight is 387 g/mol. The summed E-state index contributed by atoms with van der Waals surface area (Å²) in [5.74, 6) is 0.0324. The van der Waals surface area contributed by atoms with Gasteiger partial charge in [0, 0.05) is 45.2 Å². The molecule has 1 aliphatic heterocycles. The van der Waals surface area contributed by atoms with Crippen LogP contribution in [-0.2, 0) is 0 Å². The number of nitrogens with zero attached hydrogens (tertiary/aromatic N) is 4. The van der Waals surface area contributed by atoms with Crippen LogP contribution in [0.25, 0.3) is 0 Å². The molecule has 1 amide bonds. The monoisotopic (exact) mass is 387 g/mol. The van der Waals surface area contributed by atoms with Gasteiger partial charge in [0.25, 0.3) is 11.6 Å². The summed E-state index contributed by atoms with van der Waals surface area (Å²) in [6.45, 7) is 1.89. The molecule has 0 radical (unpaired) electrons. The van der Waals surface area contributed by atoms with Gasteiger partial charge in [0.15, 0.2) is 0 Å². The Morgan fingerprint density at radius 2 is 2.29 bits per heavy atom. The zero-order valence-electron chi connectivity index (χ0n) is 16.0. The summed E-state index contributed by atoms with van der Waals surface area (Å²) in [7, 11) is 3.42. The maximum Gasteiger partial charge on any atom is 0.269 e. The van der Waals surface area contributed by atoms with Crippen LogP contribution in [0.1, 0.15) is 46.5 Å². The summed E-state index contributed by atoms with van der Waals surface area (Å²) in [4.78, 5) is 26.5. The first-order chi connectivity index (χ1) is 13.4. The first-order valence-electron chi connectivity index (χ1n) is 9.26. The van der Waals surface area contributed by atoms with E-state index in [0.29, 0.717) is 24.2 Å². The fourth-order valence-electron chi connectivity index (χ4n) is 3.67. The Labute approximate surface area is 163 Å². The number of aromatic amines is 1. The molecule has 1 saturated heterocycles. The molecule has 2 atom stereocenters. The number of nitro groups is 1. The Morgan fingerprint density at radius 1 is 1.50 bits per heavy atom. The van der Waals surface area contributed by atoms with Crippen molar-refractivity contribution < 1.29 is 14.8 Å². The maximum atomic E-state index is 12.4. The van der Waals surface area contributed by atoms with Gasteiger partial charge in [-0.15, -0.1) is 0 Å². The molecule has 1 aromatic carbocycles. The van der Waals surface area contributed by atoms with Crippen molar-refractivity contribution in [1.29, 1.82) is 0 Å². The molecule has 0 unspecified atom stereocenters. The highest BCUT2D eigenvalue weighted by atomic mass is 16.6. The topological polar surface area (TPSA) is 116 Å². The highest BCUT2D eigenvalue weighted by Crippen LogP contribution is 2.29. The number of nitrogens with one attached hydrogen (secondary N) is 1. The van der Waals surface area contributed by atoms with Crippen LogP contribution in [0.5, 0.6) is 0 Å². The summed E-state index contributed by atoms with van der Waals surface area (Å²) < 4.78 is 0. The lowest BCUT2D eigenvalue weighted by molar-refractivity contribution is -0.385. The molecular formula is C19H25N5O4. The largest absolute Gasteiger partial charge is 0.387 e. The molecule has 1 aromatic heterocycles. The van der Waals surface area contributed by atoms with Gasteiger partial charge in [0.1, 0.15) is 0 Å². The molecule has 3 rings (SSSR count). The highest BCUT2D eigenvalue weighted by molar-refractivity contribution is 5.94. The number of β-amino-alcohol motifs (C(OH)–C–C–N with tert-alkyl or cyclic N) is 1. The number of nitro benzene ring substituents is 1. The van der Waals surface area contributed by atoms with Crippen LogP contribution < -0.4 is 0 Å². The molecule has 0 bridgehead atoms. The van der Waals surface area contributed by atoms with E-state index in [1.165, 1.54) is 17.0 Å². The minimum absolute atomic E-state index is 0.0302. The van der Waals surface area contributed by atoms with Crippen LogP contribution in [0.4, 0.5) is 5.69 Å². The van der Waals surface area contributed by atoms with E-state index in [1.54, 1.807) is 32.4 Å². The first kappa shape index (κ1) is 20.0. The number of benzene rings is 1. The Bertz CT molecular complexity index is 850. The standard InChI is InChI=1S/C19H25N5O4/c1-22(2)19(26)16-10-20-21-18(16)14-6-4-8-23(11-14)12-17(25)13-5-3-7-15(9-13)24(27)28/h3,5,7,9-10,14,17,25H,4,6,8,11-12H2,1-2H3,(H,20,21)/t14-,17+/m0/s1. The SMILES string of the molecule is CN(C)C(=O)c1cn[nH]c1[C@H]1CCCN(C[C@@H](O)c2cccc([N+](=O)[O-])c2)C1. The number of non-ortho nitro benzene ring substituents is 1. The van der Waals surface area contributed by atoms with Crippen molar-refractivity contribution in [2.24, 2.45) is 0 Å². The Morgan fingerprint density at radius 3 is 3.00 bits per heavy atom. The summed E-state index contributed by atoms with van der Waals surface area (Å²) in [5, 5.41) is 28.5. The predicted octanol–water partition coefficient (Wildman–Crippen LogP) is 1.93. The lowest BCUT2D eigenvalue weighted by Crippen LogP contribution is -2.38. The second-order valence-electron chi connectivity index (χ2n) is 7.36. The van der Waals surface area contributed by atoms with Crippen molar-refractivity contribution in [3.8, 4) is 0 Å². The number of likely N-dealkylation sites (tertiary alicyclic amines) is 1. The van der Waals surface area contributed by atoms with E-state index in [0.717, 1.165) is 25.1 Å². The number of amides is 1. The third-order valence-electron chi connectivity index (χ3n) is 5.12. The van der Waals surface area contributed by atoms with Crippen molar-refractivity contribution >= 4 is 11.6 Å². The van der Waals surface area contributed by atoms with Crippen molar-refractivity contribution in [2.75, 3.05) is 33.7 Å². The number of rotatable bonds is 6. The van der Waals surface area contributed by atoms with E-state index >= 15 is 0 Å². The molecule has 0 aliphatic carbocycles. The van der Waals surface area contributed by atoms with Crippen molar-refractivity contribution in [3.63, 3.8) is 0 Å². The number of carbonyl (C=O) groups excluding carboxylic acids is 1. The Kier molecular flexibility index (Phi) is 6.05. The fraction of sp³-hybridized carbons (Fsp3) is 0.474. The van der Waals surface area contributed by atoms with Crippen molar-refractivity contribution in [3.05, 3.63) is 57.4 Å². The van der Waals surface area contributed by atoms with Crippen LogP contribution in [-0.4, -0.2) is 69.7 Å². The molecule has 9 heteroatoms. The highest BCUT2D eigenvalue weighted by Gasteiger charge is 2.28. The van der Waals surface area contributed by atoms with Gasteiger partial charge in [-0.2, -0.15) is 5.10 Å².